The Kier molecular flexibility index (Phi) is 16.7. The number of esters is 1. The number of hydrogen-bond donors (Lipinski definition) is 5. The molecule has 0 radical (unpaired) electrons. The molecule has 1 aromatic rings. The molecule has 6 N–H and O–H groups in total. The van der Waals surface area contributed by atoms with Crippen LogP contribution in [0.3, 0.4) is 0 Å². The van der Waals surface area contributed by atoms with E-state index in [-0.39, 0.29) is 61.3 Å². The van der Waals surface area contributed by atoms with Crippen LogP contribution >= 0.6 is 11.6 Å². The summed E-state index contributed by atoms with van der Waals surface area (Å²) in [6, 6.07) is 5.31. The predicted octanol–water partition coefficient (Wildman–Crippen LogP) is 2.38. The summed E-state index contributed by atoms with van der Waals surface area (Å²) in [5.74, 6) is -2.67. The van der Waals surface area contributed by atoms with Gasteiger partial charge in [0.15, 0.2) is 5.78 Å². The maximum atomic E-state index is 13.3. The predicted molar refractivity (Wildman–Crippen MR) is 155 cm³/mol. The second-order valence-corrected chi connectivity index (χ2v) is 10.3. The Morgan fingerprint density at radius 1 is 0.927 bits per heavy atom. The fourth-order valence-corrected chi connectivity index (χ4v) is 4.01. The molecule has 0 spiro atoms. The van der Waals surface area contributed by atoms with Gasteiger partial charge in [-0.1, -0.05) is 26.0 Å². The van der Waals surface area contributed by atoms with E-state index in [1.54, 1.807) is 24.3 Å². The van der Waals surface area contributed by atoms with Crippen molar-refractivity contribution < 1.29 is 33.5 Å². The van der Waals surface area contributed by atoms with Gasteiger partial charge in [0.2, 0.25) is 17.7 Å². The molecule has 0 fully saturated rings. The molecule has 0 saturated carbocycles. The molecule has 2 atom stereocenters. The standard InChI is InChI=1S/C28H42ClN5O7/c1-18(2)26(34-24(37)8-4-5-13-31-25(38)16-29)23(36)15-21(7-6-14-32-28(30)40)27(39)33-22-11-9-20(10-12-22)17-41-19(3)35/h9-12,18,21,26H,4-8,13-17H2,1-3H3,(H,31,38)(H,33,39)(H,34,37)(H3,30,32,40)/t21-,26?/m1/s1. The molecule has 12 nitrogen and oxygen atoms in total. The minimum atomic E-state index is -0.780. The van der Waals surface area contributed by atoms with Crippen molar-refractivity contribution in [3.63, 3.8) is 0 Å². The van der Waals surface area contributed by atoms with E-state index >= 15 is 0 Å². The number of halogens is 1. The van der Waals surface area contributed by atoms with Gasteiger partial charge in [-0.05, 0) is 49.3 Å². The Labute approximate surface area is 245 Å². The molecule has 0 aliphatic rings. The first kappa shape index (κ1) is 35.4. The maximum absolute atomic E-state index is 13.3. The lowest BCUT2D eigenvalue weighted by Gasteiger charge is -2.24. The van der Waals surface area contributed by atoms with Crippen molar-refractivity contribution in [2.75, 3.05) is 24.3 Å². The third-order valence-corrected chi connectivity index (χ3v) is 6.36. The minimum Gasteiger partial charge on any atom is -0.461 e. The van der Waals surface area contributed by atoms with Crippen molar-refractivity contribution in [2.45, 2.75) is 71.9 Å². The molecule has 1 unspecified atom stereocenters. The third kappa shape index (κ3) is 15.6. The molecule has 13 heteroatoms. The van der Waals surface area contributed by atoms with Gasteiger partial charge in [0, 0.05) is 44.5 Å². The summed E-state index contributed by atoms with van der Waals surface area (Å²) >= 11 is 5.43. The third-order valence-electron chi connectivity index (χ3n) is 6.11. The molecule has 0 saturated heterocycles. The number of rotatable bonds is 19. The zero-order valence-corrected chi connectivity index (χ0v) is 24.7. The minimum absolute atomic E-state index is 0.111. The van der Waals surface area contributed by atoms with Gasteiger partial charge in [-0.25, -0.2) is 4.79 Å². The van der Waals surface area contributed by atoms with E-state index in [2.05, 4.69) is 21.3 Å². The number of benzene rings is 1. The fraction of sp³-hybridized carbons (Fsp3) is 0.571. The Hall–Kier alpha value is -3.67. The highest BCUT2D eigenvalue weighted by Gasteiger charge is 2.29. The molecule has 0 aliphatic carbocycles. The zero-order chi connectivity index (χ0) is 30.8. The molecule has 41 heavy (non-hydrogen) atoms. The van der Waals surface area contributed by atoms with E-state index in [9.17, 15) is 28.8 Å². The maximum Gasteiger partial charge on any atom is 0.312 e. The Morgan fingerprint density at radius 2 is 1.59 bits per heavy atom. The fourth-order valence-electron chi connectivity index (χ4n) is 3.92. The molecule has 5 amide bonds. The number of nitrogens with two attached hydrogens (primary N) is 1. The van der Waals surface area contributed by atoms with Crippen LogP contribution in [0.5, 0.6) is 0 Å². The highest BCUT2D eigenvalue weighted by atomic mass is 35.5. The number of unbranched alkanes of at least 4 members (excludes halogenated alkanes) is 1. The van der Waals surface area contributed by atoms with Crippen LogP contribution in [-0.2, 0) is 35.3 Å². The molecule has 228 valence electrons. The van der Waals surface area contributed by atoms with Gasteiger partial charge in [-0.15, -0.1) is 11.6 Å². The Bertz CT molecular complexity index is 1030. The monoisotopic (exact) mass is 595 g/mol. The van der Waals surface area contributed by atoms with Gasteiger partial charge in [0.05, 0.1) is 6.04 Å². The SMILES string of the molecule is CC(=O)OCc1ccc(NC(=O)[C@H](CCCNC(N)=O)CC(=O)C(NC(=O)CCCCNC(=O)CCl)C(C)C)cc1. The van der Waals surface area contributed by atoms with E-state index in [1.807, 2.05) is 13.8 Å². The van der Waals surface area contributed by atoms with Gasteiger partial charge >= 0.3 is 12.0 Å². The summed E-state index contributed by atoms with van der Waals surface area (Å²) < 4.78 is 4.96. The van der Waals surface area contributed by atoms with Crippen LogP contribution in [0.15, 0.2) is 24.3 Å². The van der Waals surface area contributed by atoms with Gasteiger partial charge in [-0.2, -0.15) is 0 Å². The normalized spacial score (nSPS) is 12.1. The summed E-state index contributed by atoms with van der Waals surface area (Å²) in [6.45, 7) is 5.70. The van der Waals surface area contributed by atoms with Gasteiger partial charge in [0.25, 0.3) is 0 Å². The molecule has 1 aromatic carbocycles. The van der Waals surface area contributed by atoms with Crippen molar-refractivity contribution in [3.05, 3.63) is 29.8 Å². The number of ether oxygens (including phenoxy) is 1. The van der Waals surface area contributed by atoms with E-state index in [4.69, 9.17) is 22.1 Å². The van der Waals surface area contributed by atoms with Crippen LogP contribution in [-0.4, -0.2) is 60.5 Å². The van der Waals surface area contributed by atoms with Crippen LogP contribution in [0, 0.1) is 11.8 Å². The average Bonchev–Trinajstić information content (AvgIpc) is 2.92. The summed E-state index contributed by atoms with van der Waals surface area (Å²) in [5, 5.41) is 10.7. The van der Waals surface area contributed by atoms with Gasteiger partial charge in [-0.3, -0.25) is 24.0 Å². The van der Waals surface area contributed by atoms with Crippen LogP contribution in [0.2, 0.25) is 0 Å². The lowest BCUT2D eigenvalue weighted by molar-refractivity contribution is -0.142. The number of ketones is 1. The average molecular weight is 596 g/mol. The molecule has 0 aromatic heterocycles. The Balaban J connectivity index is 2.81. The number of urea groups is 1. The number of anilines is 1. The van der Waals surface area contributed by atoms with Gasteiger partial charge in [0.1, 0.15) is 12.5 Å². The van der Waals surface area contributed by atoms with Crippen molar-refractivity contribution in [1.82, 2.24) is 16.0 Å². The number of carbonyl (C=O) groups excluding carboxylic acids is 6. The van der Waals surface area contributed by atoms with Crippen molar-refractivity contribution in [1.29, 1.82) is 0 Å². The zero-order valence-electron chi connectivity index (χ0n) is 23.9. The Morgan fingerprint density at radius 3 is 2.17 bits per heavy atom. The molecule has 0 heterocycles. The summed E-state index contributed by atoms with van der Waals surface area (Å²) in [6.07, 6.45) is 1.89. The van der Waals surface area contributed by atoms with Crippen LogP contribution in [0.1, 0.15) is 64.9 Å². The smallest absolute Gasteiger partial charge is 0.312 e. The molecular formula is C28H42ClN5O7. The van der Waals surface area contributed by atoms with Crippen molar-refractivity contribution >= 4 is 52.8 Å². The van der Waals surface area contributed by atoms with Crippen LogP contribution in [0.4, 0.5) is 10.5 Å². The second kappa shape index (κ2) is 19.4. The number of Topliss-reactive ketones (excluding diaryl/α,β-unsaturated/α-hetero) is 1. The molecular weight excluding hydrogens is 554 g/mol. The van der Waals surface area contributed by atoms with Gasteiger partial charge < -0.3 is 31.7 Å². The van der Waals surface area contributed by atoms with Crippen LogP contribution in [0.25, 0.3) is 0 Å². The van der Waals surface area contributed by atoms with E-state index in [0.717, 1.165) is 5.56 Å². The topological polar surface area (TPSA) is 186 Å². The first-order valence-electron chi connectivity index (χ1n) is 13.6. The lowest BCUT2D eigenvalue weighted by atomic mass is 9.89. The number of primary amides is 1. The van der Waals surface area contributed by atoms with Crippen molar-refractivity contribution in [2.24, 2.45) is 17.6 Å². The summed E-state index contributed by atoms with van der Waals surface area (Å²) in [4.78, 5) is 72.2. The van der Waals surface area contributed by atoms with Crippen LogP contribution < -0.4 is 27.0 Å². The van der Waals surface area contributed by atoms with E-state index in [0.29, 0.717) is 37.9 Å². The molecule has 0 bridgehead atoms. The number of amides is 5. The second-order valence-electron chi connectivity index (χ2n) is 10.00. The molecule has 1 rings (SSSR count). The first-order chi connectivity index (χ1) is 19.4. The number of nitrogens with one attached hydrogen (secondary N) is 4. The highest BCUT2D eigenvalue weighted by molar-refractivity contribution is 6.27. The largest absolute Gasteiger partial charge is 0.461 e. The summed E-state index contributed by atoms with van der Waals surface area (Å²) in [7, 11) is 0. The number of hydrogen-bond acceptors (Lipinski definition) is 7. The molecule has 0 aliphatic heterocycles. The highest BCUT2D eigenvalue weighted by Crippen LogP contribution is 2.19. The first-order valence-corrected chi connectivity index (χ1v) is 14.2. The lowest BCUT2D eigenvalue weighted by Crippen LogP contribution is -2.45. The number of alkyl halides is 1. The van der Waals surface area contributed by atoms with Crippen molar-refractivity contribution in [3.8, 4) is 0 Å². The number of carbonyl (C=O) groups is 6. The van der Waals surface area contributed by atoms with E-state index in [1.165, 1.54) is 6.92 Å². The summed E-state index contributed by atoms with van der Waals surface area (Å²) in [5.41, 5.74) is 6.37. The quantitative estimate of drug-likeness (QED) is 0.0922. The van der Waals surface area contributed by atoms with E-state index < -0.39 is 24.0 Å².